The Kier molecular flexibility index (Phi) is 4.40. The Balaban J connectivity index is 2.39. The van der Waals surface area contributed by atoms with Crippen molar-refractivity contribution in [3.05, 3.63) is 30.3 Å². The maximum Gasteiger partial charge on any atom is 0.404 e. The van der Waals surface area contributed by atoms with Gasteiger partial charge in [-0.2, -0.15) is 0 Å². The SMILES string of the molecule is CCOc1ccc([CH]COC(N)=O)cn1. The van der Waals surface area contributed by atoms with Crippen LogP contribution in [0, 0.1) is 6.42 Å². The molecule has 5 heteroatoms. The zero-order chi connectivity index (χ0) is 11.1. The Morgan fingerprint density at radius 2 is 2.40 bits per heavy atom. The van der Waals surface area contributed by atoms with E-state index in [2.05, 4.69) is 9.72 Å². The molecule has 1 radical (unpaired) electrons. The number of carbonyl (C=O) groups excluding carboxylic acids is 1. The molecule has 0 aromatic carbocycles. The lowest BCUT2D eigenvalue weighted by atomic mass is 10.2. The largest absolute Gasteiger partial charge is 0.478 e. The highest BCUT2D eigenvalue weighted by Crippen LogP contribution is 2.08. The molecule has 0 bridgehead atoms. The smallest absolute Gasteiger partial charge is 0.404 e. The number of nitrogens with two attached hydrogens (primary N) is 1. The lowest BCUT2D eigenvalue weighted by Gasteiger charge is -2.03. The number of aromatic nitrogens is 1. The topological polar surface area (TPSA) is 74.4 Å². The Bertz CT molecular complexity index is 311. The van der Waals surface area contributed by atoms with E-state index >= 15 is 0 Å². The van der Waals surface area contributed by atoms with E-state index in [0.29, 0.717) is 12.5 Å². The first-order valence-electron chi connectivity index (χ1n) is 4.56. The first-order chi connectivity index (χ1) is 7.22. The predicted molar refractivity (Wildman–Crippen MR) is 54.3 cm³/mol. The molecule has 81 valence electrons. The van der Waals surface area contributed by atoms with Crippen LogP contribution in [0.5, 0.6) is 5.88 Å². The molecule has 0 unspecified atom stereocenters. The van der Waals surface area contributed by atoms with Gasteiger partial charge in [0.15, 0.2) is 0 Å². The van der Waals surface area contributed by atoms with Gasteiger partial charge in [-0.25, -0.2) is 9.78 Å². The Morgan fingerprint density at radius 1 is 1.60 bits per heavy atom. The van der Waals surface area contributed by atoms with E-state index in [1.165, 1.54) is 0 Å². The van der Waals surface area contributed by atoms with Crippen molar-refractivity contribution >= 4 is 6.09 Å². The van der Waals surface area contributed by atoms with Crippen LogP contribution in [0.15, 0.2) is 18.3 Å². The molecule has 0 spiro atoms. The number of hydrogen-bond acceptors (Lipinski definition) is 4. The van der Waals surface area contributed by atoms with Crippen molar-refractivity contribution in [1.29, 1.82) is 0 Å². The number of nitrogens with zero attached hydrogens (tertiary/aromatic N) is 1. The average Bonchev–Trinajstić information content (AvgIpc) is 2.20. The summed E-state index contributed by atoms with van der Waals surface area (Å²) in [6.45, 7) is 2.62. The summed E-state index contributed by atoms with van der Waals surface area (Å²) >= 11 is 0. The van der Waals surface area contributed by atoms with Crippen LogP contribution in [-0.2, 0) is 4.74 Å². The standard InChI is InChI=1S/C10H13N2O3/c1-2-14-9-4-3-8(7-12-9)5-6-15-10(11)13/h3-5,7H,2,6H2,1H3,(H2,11,13). The molecule has 1 heterocycles. The van der Waals surface area contributed by atoms with Gasteiger partial charge in [0, 0.05) is 18.7 Å². The number of pyridine rings is 1. The summed E-state index contributed by atoms with van der Waals surface area (Å²) in [5.41, 5.74) is 5.65. The highest BCUT2D eigenvalue weighted by molar-refractivity contribution is 5.64. The Labute approximate surface area is 88.2 Å². The van der Waals surface area contributed by atoms with Crippen molar-refractivity contribution in [2.24, 2.45) is 5.73 Å². The number of primary amides is 1. The minimum atomic E-state index is -0.787. The minimum Gasteiger partial charge on any atom is -0.478 e. The van der Waals surface area contributed by atoms with E-state index in [1.807, 2.05) is 13.0 Å². The second-order valence-electron chi connectivity index (χ2n) is 2.70. The van der Waals surface area contributed by atoms with Crippen molar-refractivity contribution < 1.29 is 14.3 Å². The molecule has 5 nitrogen and oxygen atoms in total. The van der Waals surface area contributed by atoms with E-state index < -0.39 is 6.09 Å². The molecular formula is C10H13N2O3. The number of carbonyl (C=O) groups is 1. The van der Waals surface area contributed by atoms with E-state index in [-0.39, 0.29) is 6.61 Å². The van der Waals surface area contributed by atoms with Gasteiger partial charge in [0.25, 0.3) is 0 Å². The second-order valence-corrected chi connectivity index (χ2v) is 2.70. The molecule has 1 amide bonds. The summed E-state index contributed by atoms with van der Waals surface area (Å²) in [4.78, 5) is 14.3. The molecule has 0 aliphatic carbocycles. The average molecular weight is 209 g/mol. The van der Waals surface area contributed by atoms with Crippen molar-refractivity contribution in [2.75, 3.05) is 13.2 Å². The third kappa shape index (κ3) is 4.30. The van der Waals surface area contributed by atoms with Gasteiger partial charge in [0.05, 0.1) is 6.61 Å². The number of hydrogen-bond donors (Lipinski definition) is 1. The lowest BCUT2D eigenvalue weighted by Crippen LogP contribution is -2.14. The quantitative estimate of drug-likeness (QED) is 0.788. The van der Waals surface area contributed by atoms with Crippen LogP contribution in [0.4, 0.5) is 4.79 Å². The van der Waals surface area contributed by atoms with Crippen LogP contribution >= 0.6 is 0 Å². The second kappa shape index (κ2) is 5.85. The first-order valence-corrected chi connectivity index (χ1v) is 4.56. The van der Waals surface area contributed by atoms with Crippen LogP contribution < -0.4 is 10.5 Å². The number of ether oxygens (including phenoxy) is 2. The molecule has 0 atom stereocenters. The van der Waals surface area contributed by atoms with Gasteiger partial charge in [0.2, 0.25) is 5.88 Å². The van der Waals surface area contributed by atoms with Gasteiger partial charge in [-0.15, -0.1) is 0 Å². The molecule has 0 aliphatic rings. The fraction of sp³-hybridized carbons (Fsp3) is 0.300. The van der Waals surface area contributed by atoms with Crippen LogP contribution in [-0.4, -0.2) is 24.3 Å². The van der Waals surface area contributed by atoms with E-state index in [0.717, 1.165) is 5.56 Å². The minimum absolute atomic E-state index is 0.144. The summed E-state index contributed by atoms with van der Waals surface area (Å²) < 4.78 is 9.72. The first kappa shape index (κ1) is 11.3. The summed E-state index contributed by atoms with van der Waals surface area (Å²) in [5, 5.41) is 0. The maximum absolute atomic E-state index is 10.3. The summed E-state index contributed by atoms with van der Waals surface area (Å²) in [5.74, 6) is 0.575. The normalized spacial score (nSPS) is 9.67. The zero-order valence-corrected chi connectivity index (χ0v) is 8.47. The number of amides is 1. The highest BCUT2D eigenvalue weighted by atomic mass is 16.5. The van der Waals surface area contributed by atoms with Crippen LogP contribution in [0.2, 0.25) is 0 Å². The molecule has 0 fully saturated rings. The van der Waals surface area contributed by atoms with Crippen molar-refractivity contribution in [1.82, 2.24) is 4.98 Å². The Morgan fingerprint density at radius 3 is 2.93 bits per heavy atom. The highest BCUT2D eigenvalue weighted by Gasteiger charge is 1.98. The molecular weight excluding hydrogens is 196 g/mol. The molecule has 1 aromatic heterocycles. The van der Waals surface area contributed by atoms with Crippen LogP contribution in [0.25, 0.3) is 0 Å². The third-order valence-corrected chi connectivity index (χ3v) is 1.60. The van der Waals surface area contributed by atoms with Gasteiger partial charge >= 0.3 is 6.09 Å². The Hall–Kier alpha value is -1.78. The van der Waals surface area contributed by atoms with Crippen LogP contribution in [0.1, 0.15) is 12.5 Å². The van der Waals surface area contributed by atoms with E-state index in [9.17, 15) is 4.79 Å². The molecule has 1 aromatic rings. The summed E-state index contributed by atoms with van der Waals surface area (Å²) in [7, 11) is 0. The third-order valence-electron chi connectivity index (χ3n) is 1.60. The maximum atomic E-state index is 10.3. The van der Waals surface area contributed by atoms with Gasteiger partial charge in [-0.3, -0.25) is 0 Å². The molecule has 0 saturated carbocycles. The fourth-order valence-electron chi connectivity index (χ4n) is 0.966. The fourth-order valence-corrected chi connectivity index (χ4v) is 0.966. The monoisotopic (exact) mass is 209 g/mol. The van der Waals surface area contributed by atoms with Crippen LogP contribution in [0.3, 0.4) is 0 Å². The molecule has 0 saturated heterocycles. The lowest BCUT2D eigenvalue weighted by molar-refractivity contribution is 0.166. The predicted octanol–water partition coefficient (Wildman–Crippen LogP) is 1.13. The summed E-state index contributed by atoms with van der Waals surface area (Å²) in [6.07, 6.45) is 2.55. The van der Waals surface area contributed by atoms with Gasteiger partial charge in [-0.1, -0.05) is 6.07 Å². The molecule has 15 heavy (non-hydrogen) atoms. The molecule has 1 rings (SSSR count). The summed E-state index contributed by atoms with van der Waals surface area (Å²) in [6, 6.07) is 3.57. The van der Waals surface area contributed by atoms with Gasteiger partial charge in [-0.05, 0) is 12.5 Å². The zero-order valence-electron chi connectivity index (χ0n) is 8.47. The van der Waals surface area contributed by atoms with E-state index in [4.69, 9.17) is 10.5 Å². The van der Waals surface area contributed by atoms with Crippen molar-refractivity contribution in [3.63, 3.8) is 0 Å². The van der Waals surface area contributed by atoms with Gasteiger partial charge < -0.3 is 15.2 Å². The van der Waals surface area contributed by atoms with E-state index in [1.54, 1.807) is 18.7 Å². The molecule has 0 aliphatic heterocycles. The number of rotatable bonds is 5. The van der Waals surface area contributed by atoms with Crippen molar-refractivity contribution in [2.45, 2.75) is 6.92 Å². The van der Waals surface area contributed by atoms with Gasteiger partial charge in [0.1, 0.15) is 6.61 Å². The van der Waals surface area contributed by atoms with Crippen molar-refractivity contribution in [3.8, 4) is 5.88 Å². The molecule has 2 N–H and O–H groups in total.